The number of aliphatic hydroxyl groups excluding tert-OH is 1. The second kappa shape index (κ2) is 3.64. The Balaban J connectivity index is 1.60. The minimum atomic E-state index is -0.0947. The monoisotopic (exact) mass is 202 g/mol. The van der Waals surface area contributed by atoms with E-state index in [4.69, 9.17) is 0 Å². The van der Waals surface area contributed by atoms with Crippen molar-refractivity contribution in [2.75, 3.05) is 0 Å². The number of fused-ring (bicyclic) bond motifs is 1. The molecule has 3 rings (SSSR count). The molecule has 0 bridgehead atoms. The maximum atomic E-state index is 10.1. The predicted molar refractivity (Wildman–Crippen MR) is 60.5 cm³/mol. The summed E-state index contributed by atoms with van der Waals surface area (Å²) in [5.74, 6) is 2.35. The van der Waals surface area contributed by atoms with Gasteiger partial charge in [-0.2, -0.15) is 0 Å². The molecule has 0 spiro atoms. The molecule has 1 aromatic rings. The van der Waals surface area contributed by atoms with Gasteiger partial charge in [-0.15, -0.1) is 0 Å². The number of aliphatic hydroxyl groups is 1. The van der Waals surface area contributed by atoms with Gasteiger partial charge in [-0.05, 0) is 42.6 Å². The Morgan fingerprint density at radius 3 is 2.47 bits per heavy atom. The van der Waals surface area contributed by atoms with E-state index in [1.54, 1.807) is 0 Å². The van der Waals surface area contributed by atoms with Crippen molar-refractivity contribution in [2.24, 2.45) is 17.8 Å². The molecule has 0 heterocycles. The maximum Gasteiger partial charge on any atom is 0.0614 e. The SMILES string of the molecule is OC(Cc1ccccc1)C1C2CCCC21. The molecule has 1 nitrogen and oxygen atoms in total. The normalized spacial score (nSPS) is 34.9. The fourth-order valence-electron chi connectivity index (χ4n) is 3.44. The lowest BCUT2D eigenvalue weighted by atomic mass is 10.00. The molecule has 3 atom stereocenters. The molecule has 2 aliphatic rings. The van der Waals surface area contributed by atoms with E-state index in [2.05, 4.69) is 24.3 Å². The van der Waals surface area contributed by atoms with Crippen LogP contribution in [0.25, 0.3) is 0 Å². The van der Waals surface area contributed by atoms with E-state index in [0.717, 1.165) is 18.3 Å². The number of benzene rings is 1. The Bertz CT molecular complexity index is 322. The highest BCUT2D eigenvalue weighted by atomic mass is 16.3. The molecule has 0 aliphatic heterocycles. The molecular formula is C14H18O. The van der Waals surface area contributed by atoms with Crippen molar-refractivity contribution < 1.29 is 5.11 Å². The zero-order valence-electron chi connectivity index (χ0n) is 8.97. The second-order valence-electron chi connectivity index (χ2n) is 5.09. The van der Waals surface area contributed by atoms with E-state index < -0.39 is 0 Å². The van der Waals surface area contributed by atoms with Crippen LogP contribution in [-0.2, 0) is 6.42 Å². The highest BCUT2D eigenvalue weighted by molar-refractivity contribution is 5.17. The summed E-state index contributed by atoms with van der Waals surface area (Å²) in [6, 6.07) is 10.4. The van der Waals surface area contributed by atoms with Crippen LogP contribution >= 0.6 is 0 Å². The Labute approximate surface area is 91.1 Å². The first-order valence-corrected chi connectivity index (χ1v) is 6.08. The molecule has 1 N–H and O–H groups in total. The first-order chi connectivity index (χ1) is 7.36. The van der Waals surface area contributed by atoms with Gasteiger partial charge in [-0.3, -0.25) is 0 Å². The van der Waals surface area contributed by atoms with Crippen molar-refractivity contribution in [1.29, 1.82) is 0 Å². The number of rotatable bonds is 3. The van der Waals surface area contributed by atoms with E-state index in [1.165, 1.54) is 24.8 Å². The third kappa shape index (κ3) is 1.69. The van der Waals surface area contributed by atoms with Crippen LogP contribution in [0.1, 0.15) is 24.8 Å². The molecule has 0 aromatic heterocycles. The summed E-state index contributed by atoms with van der Waals surface area (Å²) in [4.78, 5) is 0. The molecule has 0 radical (unpaired) electrons. The fourth-order valence-corrected chi connectivity index (χ4v) is 3.44. The van der Waals surface area contributed by atoms with Gasteiger partial charge in [0.2, 0.25) is 0 Å². The first kappa shape index (κ1) is 9.41. The molecule has 3 unspecified atom stereocenters. The minimum absolute atomic E-state index is 0.0947. The topological polar surface area (TPSA) is 20.2 Å². The Morgan fingerprint density at radius 1 is 1.13 bits per heavy atom. The van der Waals surface area contributed by atoms with Crippen LogP contribution in [0.4, 0.5) is 0 Å². The Kier molecular flexibility index (Phi) is 2.28. The van der Waals surface area contributed by atoms with Crippen LogP contribution in [-0.4, -0.2) is 11.2 Å². The first-order valence-electron chi connectivity index (χ1n) is 6.08. The lowest BCUT2D eigenvalue weighted by molar-refractivity contribution is 0.135. The van der Waals surface area contributed by atoms with Crippen LogP contribution in [0.5, 0.6) is 0 Å². The Morgan fingerprint density at radius 2 is 1.80 bits per heavy atom. The third-order valence-electron chi connectivity index (χ3n) is 4.20. The molecule has 0 amide bonds. The van der Waals surface area contributed by atoms with E-state index in [9.17, 15) is 5.11 Å². The number of hydrogen-bond donors (Lipinski definition) is 1. The summed E-state index contributed by atoms with van der Waals surface area (Å²) in [6.45, 7) is 0. The second-order valence-corrected chi connectivity index (χ2v) is 5.09. The average Bonchev–Trinajstić information content (AvgIpc) is 2.75. The standard InChI is InChI=1S/C14H18O/c15-13(9-10-5-2-1-3-6-10)14-11-7-4-8-12(11)14/h1-3,5-6,11-15H,4,7-9H2. The summed E-state index contributed by atoms with van der Waals surface area (Å²) in [7, 11) is 0. The lowest BCUT2D eigenvalue weighted by Crippen LogP contribution is -2.16. The van der Waals surface area contributed by atoms with Gasteiger partial charge < -0.3 is 5.11 Å². The molecule has 1 heteroatoms. The van der Waals surface area contributed by atoms with E-state index in [-0.39, 0.29) is 6.10 Å². The van der Waals surface area contributed by atoms with Crippen LogP contribution < -0.4 is 0 Å². The average molecular weight is 202 g/mol. The van der Waals surface area contributed by atoms with Gasteiger partial charge in [-0.1, -0.05) is 36.8 Å². The van der Waals surface area contributed by atoms with Gasteiger partial charge in [0.1, 0.15) is 0 Å². The van der Waals surface area contributed by atoms with E-state index in [1.807, 2.05) is 6.07 Å². The van der Waals surface area contributed by atoms with Crippen molar-refractivity contribution in [3.63, 3.8) is 0 Å². The van der Waals surface area contributed by atoms with Crippen LogP contribution in [0.15, 0.2) is 30.3 Å². The van der Waals surface area contributed by atoms with Crippen molar-refractivity contribution in [3.8, 4) is 0 Å². The highest BCUT2D eigenvalue weighted by Gasteiger charge is 2.55. The van der Waals surface area contributed by atoms with Gasteiger partial charge >= 0.3 is 0 Å². The predicted octanol–water partition coefficient (Wildman–Crippen LogP) is 2.64. The molecule has 2 fully saturated rings. The molecule has 1 aromatic carbocycles. The quantitative estimate of drug-likeness (QED) is 0.799. The minimum Gasteiger partial charge on any atom is -0.392 e. The van der Waals surface area contributed by atoms with Gasteiger partial charge in [0, 0.05) is 0 Å². The lowest BCUT2D eigenvalue weighted by Gasteiger charge is -2.12. The van der Waals surface area contributed by atoms with Crippen molar-refractivity contribution >= 4 is 0 Å². The molecule has 15 heavy (non-hydrogen) atoms. The maximum absolute atomic E-state index is 10.1. The molecule has 80 valence electrons. The van der Waals surface area contributed by atoms with Gasteiger partial charge in [0.05, 0.1) is 6.10 Å². The summed E-state index contributed by atoms with van der Waals surface area (Å²) in [5, 5.41) is 10.1. The summed E-state index contributed by atoms with van der Waals surface area (Å²) in [6.07, 6.45) is 4.87. The molecular weight excluding hydrogens is 184 g/mol. The summed E-state index contributed by atoms with van der Waals surface area (Å²) in [5.41, 5.74) is 1.27. The smallest absolute Gasteiger partial charge is 0.0614 e. The summed E-state index contributed by atoms with van der Waals surface area (Å²) >= 11 is 0. The van der Waals surface area contributed by atoms with E-state index >= 15 is 0 Å². The zero-order chi connectivity index (χ0) is 10.3. The van der Waals surface area contributed by atoms with Gasteiger partial charge in [0.15, 0.2) is 0 Å². The van der Waals surface area contributed by atoms with Crippen molar-refractivity contribution in [3.05, 3.63) is 35.9 Å². The molecule has 2 aliphatic carbocycles. The molecule has 0 saturated heterocycles. The fraction of sp³-hybridized carbons (Fsp3) is 0.571. The van der Waals surface area contributed by atoms with Gasteiger partial charge in [-0.25, -0.2) is 0 Å². The zero-order valence-corrected chi connectivity index (χ0v) is 8.97. The van der Waals surface area contributed by atoms with Crippen LogP contribution in [0.3, 0.4) is 0 Å². The van der Waals surface area contributed by atoms with Gasteiger partial charge in [0.25, 0.3) is 0 Å². The van der Waals surface area contributed by atoms with E-state index in [0.29, 0.717) is 5.92 Å². The third-order valence-corrected chi connectivity index (χ3v) is 4.20. The van der Waals surface area contributed by atoms with Crippen LogP contribution in [0, 0.1) is 17.8 Å². The number of hydrogen-bond acceptors (Lipinski definition) is 1. The van der Waals surface area contributed by atoms with Crippen molar-refractivity contribution in [1.82, 2.24) is 0 Å². The molecule has 2 saturated carbocycles. The Hall–Kier alpha value is -0.820. The highest BCUT2D eigenvalue weighted by Crippen LogP contribution is 2.59. The largest absolute Gasteiger partial charge is 0.392 e. The van der Waals surface area contributed by atoms with Crippen molar-refractivity contribution in [2.45, 2.75) is 31.8 Å². The summed E-state index contributed by atoms with van der Waals surface area (Å²) < 4.78 is 0. The van der Waals surface area contributed by atoms with Crippen LogP contribution in [0.2, 0.25) is 0 Å².